The monoisotopic (exact) mass is 416 g/mol. The largest absolute Gasteiger partial charge is 0.434 e. The number of amides is 1. The van der Waals surface area contributed by atoms with E-state index in [4.69, 9.17) is 4.98 Å². The summed E-state index contributed by atoms with van der Waals surface area (Å²) in [5.74, 6) is -0.0313. The number of nitrogens with one attached hydrogen (secondary N) is 1. The molecule has 0 spiro atoms. The van der Waals surface area contributed by atoms with Gasteiger partial charge < -0.3 is 10.1 Å². The lowest BCUT2D eigenvalue weighted by Gasteiger charge is -2.29. The standard InChI is InChI=1S/C22H22F2N2O2S/c23-22(24)28-18-11-5-1-7-14(18)13-25-20(27)15-8-2-3-9-16(15)21-26-17-10-4-6-12-19(17)29-21/h1,4-7,10-12,15-16,22H,2-3,8-9,13H2,(H,25,27). The first-order chi connectivity index (χ1) is 14.1. The molecule has 1 heterocycles. The third-order valence-corrected chi connectivity index (χ3v) is 6.54. The summed E-state index contributed by atoms with van der Waals surface area (Å²) >= 11 is 1.65. The van der Waals surface area contributed by atoms with Gasteiger partial charge >= 0.3 is 6.61 Å². The molecule has 2 unspecified atom stereocenters. The fourth-order valence-electron chi connectivity index (χ4n) is 3.96. The third-order valence-electron chi connectivity index (χ3n) is 5.37. The van der Waals surface area contributed by atoms with Crippen molar-refractivity contribution >= 4 is 27.5 Å². The van der Waals surface area contributed by atoms with E-state index in [1.165, 1.54) is 6.07 Å². The van der Waals surface area contributed by atoms with Gasteiger partial charge in [-0.2, -0.15) is 8.78 Å². The Morgan fingerprint density at radius 2 is 1.90 bits per heavy atom. The summed E-state index contributed by atoms with van der Waals surface area (Å²) in [4.78, 5) is 17.7. The smallest absolute Gasteiger partial charge is 0.387 e. The SMILES string of the molecule is O=C(NCc1ccccc1OC(F)F)C1CCCCC1c1nc2ccccc2s1. The quantitative estimate of drug-likeness (QED) is 0.578. The van der Waals surface area contributed by atoms with Crippen molar-refractivity contribution in [2.75, 3.05) is 0 Å². The lowest BCUT2D eigenvalue weighted by atomic mass is 9.79. The average Bonchev–Trinajstić information content (AvgIpc) is 3.16. The van der Waals surface area contributed by atoms with E-state index in [1.54, 1.807) is 29.5 Å². The minimum absolute atomic E-state index is 0.0548. The van der Waals surface area contributed by atoms with Crippen molar-refractivity contribution in [3.05, 3.63) is 59.1 Å². The fraction of sp³-hybridized carbons (Fsp3) is 0.364. The van der Waals surface area contributed by atoms with Crippen LogP contribution in [0, 0.1) is 5.92 Å². The Morgan fingerprint density at radius 3 is 2.72 bits per heavy atom. The molecular formula is C22H22F2N2O2S. The van der Waals surface area contributed by atoms with Gasteiger partial charge in [-0.05, 0) is 31.0 Å². The van der Waals surface area contributed by atoms with Gasteiger partial charge in [0.25, 0.3) is 0 Å². The topological polar surface area (TPSA) is 51.2 Å². The molecule has 1 saturated carbocycles. The van der Waals surface area contributed by atoms with Gasteiger partial charge in [0.05, 0.1) is 15.2 Å². The van der Waals surface area contributed by atoms with Gasteiger partial charge in [0.1, 0.15) is 5.75 Å². The number of halogens is 2. The molecule has 3 aromatic rings. The molecule has 1 aliphatic carbocycles. The third kappa shape index (κ3) is 4.56. The number of aromatic nitrogens is 1. The Bertz CT molecular complexity index is 959. The van der Waals surface area contributed by atoms with Crippen molar-refractivity contribution in [3.8, 4) is 5.75 Å². The number of carbonyl (C=O) groups is 1. The van der Waals surface area contributed by atoms with Crippen LogP contribution in [0.5, 0.6) is 5.75 Å². The van der Waals surface area contributed by atoms with Crippen LogP contribution >= 0.6 is 11.3 Å². The average molecular weight is 416 g/mol. The molecule has 4 rings (SSSR count). The molecule has 2 aromatic carbocycles. The molecule has 1 fully saturated rings. The van der Waals surface area contributed by atoms with Crippen LogP contribution in [0.1, 0.15) is 42.2 Å². The normalized spacial score (nSPS) is 19.4. The van der Waals surface area contributed by atoms with Crippen molar-refractivity contribution in [1.29, 1.82) is 0 Å². The molecule has 2 atom stereocenters. The summed E-state index contributed by atoms with van der Waals surface area (Å²) in [6.07, 6.45) is 3.82. The maximum atomic E-state index is 13.0. The number of rotatable bonds is 6. The summed E-state index contributed by atoms with van der Waals surface area (Å²) in [6.45, 7) is -2.74. The van der Waals surface area contributed by atoms with Gasteiger partial charge in [-0.3, -0.25) is 4.79 Å². The maximum absolute atomic E-state index is 13.0. The highest BCUT2D eigenvalue weighted by molar-refractivity contribution is 7.18. The predicted molar refractivity (Wildman–Crippen MR) is 109 cm³/mol. The highest BCUT2D eigenvalue weighted by Crippen LogP contribution is 2.41. The molecule has 1 aromatic heterocycles. The number of carbonyl (C=O) groups excluding carboxylic acids is 1. The van der Waals surface area contributed by atoms with Crippen LogP contribution in [0.4, 0.5) is 8.78 Å². The van der Waals surface area contributed by atoms with Gasteiger partial charge in [0, 0.05) is 23.9 Å². The summed E-state index contributed by atoms with van der Waals surface area (Å²) < 4.78 is 30.9. The van der Waals surface area contributed by atoms with Crippen LogP contribution in [0.3, 0.4) is 0 Å². The van der Waals surface area contributed by atoms with Crippen molar-refractivity contribution in [3.63, 3.8) is 0 Å². The van der Waals surface area contributed by atoms with Gasteiger partial charge in [-0.1, -0.05) is 43.2 Å². The molecule has 1 aliphatic rings. The number of hydrogen-bond donors (Lipinski definition) is 1. The Morgan fingerprint density at radius 1 is 1.14 bits per heavy atom. The molecule has 1 N–H and O–H groups in total. The Labute approximate surface area is 171 Å². The second kappa shape index (κ2) is 8.86. The first-order valence-electron chi connectivity index (χ1n) is 9.77. The fourth-order valence-corrected chi connectivity index (χ4v) is 5.13. The van der Waals surface area contributed by atoms with Crippen molar-refractivity contribution in [2.24, 2.45) is 5.92 Å². The van der Waals surface area contributed by atoms with Crippen LogP contribution in [-0.2, 0) is 11.3 Å². The van der Waals surface area contributed by atoms with Crippen LogP contribution in [0.25, 0.3) is 10.2 Å². The van der Waals surface area contributed by atoms with E-state index in [0.717, 1.165) is 40.9 Å². The van der Waals surface area contributed by atoms with Crippen LogP contribution in [0.2, 0.25) is 0 Å². The number of para-hydroxylation sites is 2. The lowest BCUT2D eigenvalue weighted by Crippen LogP contribution is -2.35. The lowest BCUT2D eigenvalue weighted by molar-refractivity contribution is -0.126. The second-order valence-corrected chi connectivity index (χ2v) is 8.28. The van der Waals surface area contributed by atoms with E-state index in [-0.39, 0.29) is 30.0 Å². The van der Waals surface area contributed by atoms with Gasteiger partial charge in [0.15, 0.2) is 0 Å². The molecule has 7 heteroatoms. The number of thiazole rings is 1. The van der Waals surface area contributed by atoms with Crippen molar-refractivity contribution in [2.45, 2.75) is 44.8 Å². The molecule has 1 amide bonds. The van der Waals surface area contributed by atoms with Crippen molar-refractivity contribution in [1.82, 2.24) is 10.3 Å². The van der Waals surface area contributed by atoms with Gasteiger partial charge in [-0.25, -0.2) is 4.98 Å². The van der Waals surface area contributed by atoms with E-state index >= 15 is 0 Å². The minimum atomic E-state index is -2.89. The number of ether oxygens (including phenoxy) is 1. The van der Waals surface area contributed by atoms with Crippen LogP contribution < -0.4 is 10.1 Å². The van der Waals surface area contributed by atoms with E-state index in [0.29, 0.717) is 5.56 Å². The summed E-state index contributed by atoms with van der Waals surface area (Å²) in [7, 11) is 0. The van der Waals surface area contributed by atoms with Crippen LogP contribution in [0.15, 0.2) is 48.5 Å². The maximum Gasteiger partial charge on any atom is 0.387 e. The zero-order valence-corrected chi connectivity index (χ0v) is 16.6. The molecule has 152 valence electrons. The highest BCUT2D eigenvalue weighted by atomic mass is 32.1. The number of benzene rings is 2. The summed E-state index contributed by atoms with van der Waals surface area (Å²) in [5.41, 5.74) is 1.50. The summed E-state index contributed by atoms with van der Waals surface area (Å²) in [5, 5.41) is 3.94. The highest BCUT2D eigenvalue weighted by Gasteiger charge is 2.34. The molecule has 0 saturated heterocycles. The van der Waals surface area contributed by atoms with Crippen molar-refractivity contribution < 1.29 is 18.3 Å². The Hall–Kier alpha value is -2.54. The zero-order chi connectivity index (χ0) is 20.2. The molecule has 29 heavy (non-hydrogen) atoms. The second-order valence-electron chi connectivity index (χ2n) is 7.22. The van der Waals surface area contributed by atoms with Gasteiger partial charge in [0.2, 0.25) is 5.91 Å². The molecule has 0 aliphatic heterocycles. The van der Waals surface area contributed by atoms with Gasteiger partial charge in [-0.15, -0.1) is 11.3 Å². The van der Waals surface area contributed by atoms with Crippen LogP contribution in [-0.4, -0.2) is 17.5 Å². The molecule has 0 bridgehead atoms. The molecule has 4 nitrogen and oxygen atoms in total. The summed E-state index contributed by atoms with van der Waals surface area (Å²) in [6, 6.07) is 14.5. The number of fused-ring (bicyclic) bond motifs is 1. The zero-order valence-electron chi connectivity index (χ0n) is 15.8. The number of nitrogens with zero attached hydrogens (tertiary/aromatic N) is 1. The first-order valence-corrected chi connectivity index (χ1v) is 10.6. The first kappa shape index (κ1) is 19.8. The predicted octanol–water partition coefficient (Wildman–Crippen LogP) is 5.49. The van der Waals surface area contributed by atoms with E-state index in [1.807, 2.05) is 24.3 Å². The van der Waals surface area contributed by atoms with E-state index in [9.17, 15) is 13.6 Å². The molecule has 0 radical (unpaired) electrons. The number of alkyl halides is 2. The van der Waals surface area contributed by atoms with E-state index in [2.05, 4.69) is 10.1 Å². The Kier molecular flexibility index (Phi) is 6.04. The van der Waals surface area contributed by atoms with E-state index < -0.39 is 6.61 Å². The Balaban J connectivity index is 1.48. The minimum Gasteiger partial charge on any atom is -0.434 e. The number of hydrogen-bond acceptors (Lipinski definition) is 4. The molecular weight excluding hydrogens is 394 g/mol.